The van der Waals surface area contributed by atoms with Crippen molar-refractivity contribution >= 4 is 5.91 Å². The number of pyridine rings is 1. The minimum absolute atomic E-state index is 0.100. The first kappa shape index (κ1) is 13.4. The molecule has 0 spiro atoms. The minimum atomic E-state index is -0.277. The molecule has 1 heterocycles. The standard InChI is InChI=1S/C12H19N3O2/c1-2-9(3-5-13)7-15-12(17)10-4-6-14-8-11(10)16/h4,6,8-9,16H,2-3,5,7,13H2,1H3,(H,15,17). The van der Waals surface area contributed by atoms with Crippen LogP contribution in [0.4, 0.5) is 0 Å². The first-order valence-electron chi connectivity index (χ1n) is 5.80. The van der Waals surface area contributed by atoms with Crippen molar-refractivity contribution in [2.24, 2.45) is 11.7 Å². The zero-order valence-electron chi connectivity index (χ0n) is 10.0. The average Bonchev–Trinajstić information content (AvgIpc) is 2.34. The van der Waals surface area contributed by atoms with Crippen molar-refractivity contribution < 1.29 is 9.90 Å². The van der Waals surface area contributed by atoms with Crippen molar-refractivity contribution in [3.63, 3.8) is 0 Å². The summed E-state index contributed by atoms with van der Waals surface area (Å²) in [7, 11) is 0. The Bertz CT molecular complexity index is 369. The number of nitrogens with one attached hydrogen (secondary N) is 1. The highest BCUT2D eigenvalue weighted by molar-refractivity contribution is 5.96. The number of aromatic nitrogens is 1. The summed E-state index contributed by atoms with van der Waals surface area (Å²) < 4.78 is 0. The third kappa shape index (κ3) is 4.03. The zero-order chi connectivity index (χ0) is 12.7. The highest BCUT2D eigenvalue weighted by atomic mass is 16.3. The average molecular weight is 237 g/mol. The quantitative estimate of drug-likeness (QED) is 0.685. The van der Waals surface area contributed by atoms with Crippen LogP contribution in [0.5, 0.6) is 5.75 Å². The van der Waals surface area contributed by atoms with E-state index in [-0.39, 0.29) is 17.2 Å². The van der Waals surface area contributed by atoms with Crippen LogP contribution >= 0.6 is 0 Å². The third-order valence-corrected chi connectivity index (χ3v) is 2.75. The smallest absolute Gasteiger partial charge is 0.255 e. The maximum absolute atomic E-state index is 11.8. The number of rotatable bonds is 6. The van der Waals surface area contributed by atoms with Crippen LogP contribution in [-0.2, 0) is 0 Å². The Hall–Kier alpha value is -1.62. The van der Waals surface area contributed by atoms with Crippen molar-refractivity contribution in [1.29, 1.82) is 0 Å². The molecule has 0 saturated heterocycles. The van der Waals surface area contributed by atoms with Crippen LogP contribution in [-0.4, -0.2) is 29.1 Å². The summed E-state index contributed by atoms with van der Waals surface area (Å²) in [6.45, 7) is 3.26. The van der Waals surface area contributed by atoms with Crippen LogP contribution in [0.2, 0.25) is 0 Å². The van der Waals surface area contributed by atoms with E-state index in [0.29, 0.717) is 19.0 Å². The minimum Gasteiger partial charge on any atom is -0.505 e. The molecule has 4 N–H and O–H groups in total. The highest BCUT2D eigenvalue weighted by Crippen LogP contribution is 2.14. The molecule has 0 radical (unpaired) electrons. The second kappa shape index (κ2) is 6.85. The molecule has 0 aliphatic heterocycles. The maximum Gasteiger partial charge on any atom is 0.255 e. The van der Waals surface area contributed by atoms with Crippen LogP contribution in [0.1, 0.15) is 30.1 Å². The lowest BCUT2D eigenvalue weighted by molar-refractivity contribution is 0.0943. The van der Waals surface area contributed by atoms with Gasteiger partial charge in [0, 0.05) is 12.7 Å². The van der Waals surface area contributed by atoms with E-state index in [4.69, 9.17) is 5.73 Å². The molecule has 0 aromatic carbocycles. The molecule has 0 bridgehead atoms. The molecule has 1 aromatic rings. The van der Waals surface area contributed by atoms with Gasteiger partial charge in [0.1, 0.15) is 5.75 Å². The van der Waals surface area contributed by atoms with Gasteiger partial charge in [0.25, 0.3) is 5.91 Å². The lowest BCUT2D eigenvalue weighted by atomic mass is 10.0. The molecule has 1 aromatic heterocycles. The van der Waals surface area contributed by atoms with E-state index in [2.05, 4.69) is 17.2 Å². The van der Waals surface area contributed by atoms with E-state index < -0.39 is 0 Å². The Morgan fingerprint density at radius 1 is 1.65 bits per heavy atom. The van der Waals surface area contributed by atoms with Gasteiger partial charge in [-0.3, -0.25) is 9.78 Å². The van der Waals surface area contributed by atoms with Gasteiger partial charge in [0.2, 0.25) is 0 Å². The van der Waals surface area contributed by atoms with Crippen LogP contribution in [0.3, 0.4) is 0 Å². The second-order valence-electron chi connectivity index (χ2n) is 3.95. The number of carbonyl (C=O) groups excluding carboxylic acids is 1. The predicted octanol–water partition coefficient (Wildman–Crippen LogP) is 0.892. The van der Waals surface area contributed by atoms with Gasteiger partial charge in [-0.05, 0) is 24.9 Å². The summed E-state index contributed by atoms with van der Waals surface area (Å²) in [5.74, 6) is 0.00479. The molecule has 1 unspecified atom stereocenters. The topological polar surface area (TPSA) is 88.2 Å². The normalized spacial score (nSPS) is 12.1. The Balaban J connectivity index is 2.52. The lowest BCUT2D eigenvalue weighted by Crippen LogP contribution is -2.30. The predicted molar refractivity (Wildman–Crippen MR) is 65.7 cm³/mol. The Labute approximate surface area is 101 Å². The molecular weight excluding hydrogens is 218 g/mol. The van der Waals surface area contributed by atoms with E-state index in [1.54, 1.807) is 0 Å². The van der Waals surface area contributed by atoms with Gasteiger partial charge in [-0.1, -0.05) is 13.3 Å². The zero-order valence-corrected chi connectivity index (χ0v) is 10.0. The number of nitrogens with two attached hydrogens (primary N) is 1. The fourth-order valence-corrected chi connectivity index (χ4v) is 1.60. The fourth-order valence-electron chi connectivity index (χ4n) is 1.60. The number of nitrogens with zero attached hydrogens (tertiary/aromatic N) is 1. The molecular formula is C12H19N3O2. The van der Waals surface area contributed by atoms with E-state index in [0.717, 1.165) is 12.8 Å². The summed E-state index contributed by atoms with van der Waals surface area (Å²) in [5.41, 5.74) is 5.74. The lowest BCUT2D eigenvalue weighted by Gasteiger charge is -2.14. The molecule has 0 saturated carbocycles. The SMILES string of the molecule is CCC(CCN)CNC(=O)c1ccncc1O. The van der Waals surface area contributed by atoms with Crippen molar-refractivity contribution in [3.8, 4) is 5.75 Å². The monoisotopic (exact) mass is 237 g/mol. The number of amides is 1. The summed E-state index contributed by atoms with van der Waals surface area (Å²) in [6.07, 6.45) is 4.59. The largest absolute Gasteiger partial charge is 0.505 e. The van der Waals surface area contributed by atoms with Gasteiger partial charge >= 0.3 is 0 Å². The Morgan fingerprint density at radius 2 is 2.41 bits per heavy atom. The van der Waals surface area contributed by atoms with Gasteiger partial charge in [0.05, 0.1) is 11.8 Å². The summed E-state index contributed by atoms with van der Waals surface area (Å²) >= 11 is 0. The first-order valence-corrected chi connectivity index (χ1v) is 5.80. The number of carbonyl (C=O) groups is 1. The molecule has 5 heteroatoms. The molecule has 0 aliphatic carbocycles. The number of hydrogen-bond acceptors (Lipinski definition) is 4. The molecule has 1 amide bonds. The molecule has 1 atom stereocenters. The Morgan fingerprint density at radius 3 is 3.00 bits per heavy atom. The van der Waals surface area contributed by atoms with Crippen LogP contribution in [0, 0.1) is 5.92 Å². The van der Waals surface area contributed by atoms with Crippen molar-refractivity contribution in [1.82, 2.24) is 10.3 Å². The maximum atomic E-state index is 11.8. The van der Waals surface area contributed by atoms with Gasteiger partial charge < -0.3 is 16.2 Å². The van der Waals surface area contributed by atoms with Crippen LogP contribution < -0.4 is 11.1 Å². The van der Waals surface area contributed by atoms with Crippen molar-refractivity contribution in [2.45, 2.75) is 19.8 Å². The van der Waals surface area contributed by atoms with Crippen molar-refractivity contribution in [2.75, 3.05) is 13.1 Å². The second-order valence-corrected chi connectivity index (χ2v) is 3.95. The van der Waals surface area contributed by atoms with E-state index in [1.165, 1.54) is 18.5 Å². The summed E-state index contributed by atoms with van der Waals surface area (Å²) in [4.78, 5) is 15.5. The molecule has 17 heavy (non-hydrogen) atoms. The molecule has 1 rings (SSSR count). The van der Waals surface area contributed by atoms with Crippen LogP contribution in [0.25, 0.3) is 0 Å². The van der Waals surface area contributed by atoms with Gasteiger partial charge in [0.15, 0.2) is 0 Å². The Kier molecular flexibility index (Phi) is 5.42. The van der Waals surface area contributed by atoms with Gasteiger partial charge in [-0.2, -0.15) is 0 Å². The van der Waals surface area contributed by atoms with Crippen LogP contribution in [0.15, 0.2) is 18.5 Å². The summed E-state index contributed by atoms with van der Waals surface area (Å²) in [5, 5.41) is 12.3. The van der Waals surface area contributed by atoms with E-state index in [1.807, 2.05) is 0 Å². The number of hydrogen-bond donors (Lipinski definition) is 3. The third-order valence-electron chi connectivity index (χ3n) is 2.75. The molecule has 94 valence electrons. The van der Waals surface area contributed by atoms with E-state index in [9.17, 15) is 9.90 Å². The molecule has 0 aliphatic rings. The fraction of sp³-hybridized carbons (Fsp3) is 0.500. The number of aromatic hydroxyl groups is 1. The van der Waals surface area contributed by atoms with Gasteiger partial charge in [-0.15, -0.1) is 0 Å². The van der Waals surface area contributed by atoms with Gasteiger partial charge in [-0.25, -0.2) is 0 Å². The molecule has 5 nitrogen and oxygen atoms in total. The highest BCUT2D eigenvalue weighted by Gasteiger charge is 2.12. The molecule has 0 fully saturated rings. The van der Waals surface area contributed by atoms with E-state index >= 15 is 0 Å². The summed E-state index contributed by atoms with van der Waals surface area (Å²) in [6, 6.07) is 1.49. The van der Waals surface area contributed by atoms with Crippen molar-refractivity contribution in [3.05, 3.63) is 24.0 Å². The first-order chi connectivity index (χ1) is 8.19.